The molecule has 1 fully saturated rings. The van der Waals surface area contributed by atoms with Crippen LogP contribution in [0.15, 0.2) is 24.3 Å². The lowest BCUT2D eigenvalue weighted by atomic mass is 9.91. The molecule has 3 aromatic heterocycles. The monoisotopic (exact) mass is 520 g/mol. The van der Waals surface area contributed by atoms with Crippen molar-refractivity contribution in [3.8, 4) is 0 Å². The van der Waals surface area contributed by atoms with E-state index < -0.39 is 24.9 Å². The Morgan fingerprint density at radius 3 is 2.83 bits per heavy atom. The number of nitrogens with two attached hydrogens (primary N) is 2. The van der Waals surface area contributed by atoms with Crippen LogP contribution >= 0.6 is 11.3 Å². The Morgan fingerprint density at radius 1 is 1.25 bits per heavy atom. The van der Waals surface area contributed by atoms with Gasteiger partial charge in [0.15, 0.2) is 0 Å². The first-order valence-corrected chi connectivity index (χ1v) is 12.6. The number of fused-ring (bicyclic) bond motifs is 2. The summed E-state index contributed by atoms with van der Waals surface area (Å²) in [6, 6.07) is 7.12. The van der Waals surface area contributed by atoms with Crippen molar-refractivity contribution in [3.63, 3.8) is 0 Å². The molecule has 0 bridgehead atoms. The molecule has 8 nitrogen and oxygen atoms in total. The van der Waals surface area contributed by atoms with Crippen LogP contribution in [0.3, 0.4) is 0 Å². The molecule has 1 aliphatic carbocycles. The van der Waals surface area contributed by atoms with Gasteiger partial charge in [-0.1, -0.05) is 6.07 Å². The summed E-state index contributed by atoms with van der Waals surface area (Å²) >= 11 is 1.29. The van der Waals surface area contributed by atoms with Crippen LogP contribution in [0.1, 0.15) is 33.0 Å². The van der Waals surface area contributed by atoms with E-state index in [1.54, 1.807) is 0 Å². The number of nitrogen functional groups attached to an aromatic ring is 1. The number of carbonyl (C=O) groups excluding carboxylic acids is 1. The molecule has 0 radical (unpaired) electrons. The fourth-order valence-corrected chi connectivity index (χ4v) is 5.91. The van der Waals surface area contributed by atoms with Crippen molar-refractivity contribution in [1.29, 1.82) is 0 Å². The molecule has 3 aromatic rings. The lowest BCUT2D eigenvalue weighted by molar-refractivity contribution is -0.328. The minimum absolute atomic E-state index is 0.0546. The second-order valence-corrected chi connectivity index (χ2v) is 10.4. The van der Waals surface area contributed by atoms with Crippen molar-refractivity contribution in [2.45, 2.75) is 44.6 Å². The molecule has 0 aromatic carbocycles. The van der Waals surface area contributed by atoms with E-state index in [0.29, 0.717) is 42.3 Å². The highest BCUT2D eigenvalue weighted by Crippen LogP contribution is 2.33. The molecule has 5 N–H and O–H groups in total. The van der Waals surface area contributed by atoms with E-state index in [1.165, 1.54) is 11.3 Å². The number of aromatic nitrogens is 2. The number of alkyl halides is 3. The molecule has 1 aliphatic heterocycles. The number of carbonyl (C=O) groups is 1. The molecule has 0 saturated carbocycles. The molecule has 0 spiro atoms. The lowest BCUT2D eigenvalue weighted by Gasteiger charge is -2.26. The second kappa shape index (κ2) is 9.49. The summed E-state index contributed by atoms with van der Waals surface area (Å²) in [6.45, 7) is 2.20. The maximum Gasteiger partial charge on any atom is 0.522 e. The van der Waals surface area contributed by atoms with E-state index in [9.17, 15) is 18.0 Å². The maximum atomic E-state index is 13.0. The predicted octanol–water partition coefficient (Wildman–Crippen LogP) is 3.17. The standard InChI is InChI=1S/C24H27F3N6O2S/c1-12-2-5-16-20(29)21(36-23(16)30-12)22(34)31-15-4-6-18-13(8-15)3-7-19(32-18)33-9-14(17(28)10-33)11-35-24(25,26)27/h2-3,5,7,14-15,17H,4,6,8-11,28-29H2,1H3,(H,31,34)/t14-,15+,17-/m1/s1. The largest absolute Gasteiger partial charge is 0.522 e. The van der Waals surface area contributed by atoms with Gasteiger partial charge in [0.05, 0.1) is 12.3 Å². The molecule has 5 rings (SSSR count). The van der Waals surface area contributed by atoms with Crippen LogP contribution in [0.4, 0.5) is 24.7 Å². The molecule has 0 unspecified atom stereocenters. The van der Waals surface area contributed by atoms with Crippen LogP contribution < -0.4 is 21.7 Å². The van der Waals surface area contributed by atoms with Crippen LogP contribution in [-0.2, 0) is 17.6 Å². The zero-order valence-corrected chi connectivity index (χ0v) is 20.5. The first kappa shape index (κ1) is 24.7. The van der Waals surface area contributed by atoms with Gasteiger partial charge in [0.25, 0.3) is 5.91 Å². The van der Waals surface area contributed by atoms with Gasteiger partial charge in [-0.3, -0.25) is 9.53 Å². The fourth-order valence-electron chi connectivity index (χ4n) is 4.87. The van der Waals surface area contributed by atoms with Crippen LogP contribution in [-0.4, -0.2) is 54.0 Å². The number of aryl methyl sites for hydroxylation is 2. The summed E-state index contributed by atoms with van der Waals surface area (Å²) in [5, 5.41) is 3.89. The zero-order chi connectivity index (χ0) is 25.6. The number of hydrogen-bond acceptors (Lipinski definition) is 8. The summed E-state index contributed by atoms with van der Waals surface area (Å²) in [5.41, 5.74) is 15.6. The number of nitrogens with zero attached hydrogens (tertiary/aromatic N) is 3. The van der Waals surface area contributed by atoms with Gasteiger partial charge in [-0.25, -0.2) is 9.97 Å². The second-order valence-electron chi connectivity index (χ2n) is 9.42. The van der Waals surface area contributed by atoms with E-state index in [-0.39, 0.29) is 11.9 Å². The SMILES string of the molecule is Cc1ccc2c(N)c(C(=O)N[C@H]3CCc4nc(N5C[C@H](COC(F)(F)F)[C@H](N)C5)ccc4C3)sc2n1. The van der Waals surface area contributed by atoms with Crippen molar-refractivity contribution < 1.29 is 22.7 Å². The molecule has 12 heteroatoms. The molecule has 2 aliphatic rings. The van der Waals surface area contributed by atoms with Gasteiger partial charge in [-0.05, 0) is 49.9 Å². The number of amides is 1. The highest BCUT2D eigenvalue weighted by atomic mass is 32.1. The molecule has 1 amide bonds. The van der Waals surface area contributed by atoms with Crippen LogP contribution in [0.5, 0.6) is 0 Å². The molecule has 192 valence electrons. The highest BCUT2D eigenvalue weighted by molar-refractivity contribution is 7.21. The first-order chi connectivity index (χ1) is 17.1. The Bertz CT molecular complexity index is 1300. The molecular formula is C24H27F3N6O2S. The number of nitrogens with one attached hydrogen (secondary N) is 1. The Labute approximate surface area is 209 Å². The average molecular weight is 521 g/mol. The lowest BCUT2D eigenvalue weighted by Crippen LogP contribution is -2.39. The minimum atomic E-state index is -4.66. The Morgan fingerprint density at radius 2 is 2.06 bits per heavy atom. The van der Waals surface area contributed by atoms with E-state index in [4.69, 9.17) is 16.5 Å². The quantitative estimate of drug-likeness (QED) is 0.473. The summed E-state index contributed by atoms with van der Waals surface area (Å²) in [6.07, 6.45) is -2.63. The molecule has 4 heterocycles. The van der Waals surface area contributed by atoms with Crippen molar-refractivity contribution in [2.24, 2.45) is 11.7 Å². The van der Waals surface area contributed by atoms with Gasteiger partial charge in [0.2, 0.25) is 0 Å². The first-order valence-electron chi connectivity index (χ1n) is 11.7. The number of rotatable bonds is 5. The molecular weight excluding hydrogens is 493 g/mol. The van der Waals surface area contributed by atoms with Crippen molar-refractivity contribution in [3.05, 3.63) is 46.1 Å². The molecule has 1 saturated heterocycles. The average Bonchev–Trinajstić information content (AvgIpc) is 3.36. The van der Waals surface area contributed by atoms with Crippen molar-refractivity contribution in [1.82, 2.24) is 15.3 Å². The van der Waals surface area contributed by atoms with E-state index in [0.717, 1.165) is 33.6 Å². The summed E-state index contributed by atoms with van der Waals surface area (Å²) < 4.78 is 41.2. The fraction of sp³-hybridized carbons (Fsp3) is 0.458. The topological polar surface area (TPSA) is 119 Å². The van der Waals surface area contributed by atoms with Crippen molar-refractivity contribution in [2.75, 3.05) is 30.3 Å². The highest BCUT2D eigenvalue weighted by Gasteiger charge is 2.36. The number of hydrogen-bond donors (Lipinski definition) is 3. The van der Waals surface area contributed by atoms with Crippen LogP contribution in [0.2, 0.25) is 0 Å². The third-order valence-electron chi connectivity index (χ3n) is 6.80. The van der Waals surface area contributed by atoms with Gasteiger partial charge in [-0.2, -0.15) is 0 Å². The zero-order valence-electron chi connectivity index (χ0n) is 19.6. The molecule has 3 atom stereocenters. The summed E-state index contributed by atoms with van der Waals surface area (Å²) in [5.74, 6) is 0.0656. The van der Waals surface area contributed by atoms with Gasteiger partial charge in [0.1, 0.15) is 15.5 Å². The molecule has 36 heavy (non-hydrogen) atoms. The van der Waals surface area contributed by atoms with E-state index in [2.05, 4.69) is 15.0 Å². The normalized spacial score (nSPS) is 22.1. The maximum absolute atomic E-state index is 13.0. The van der Waals surface area contributed by atoms with Gasteiger partial charge < -0.3 is 21.7 Å². The third-order valence-corrected chi connectivity index (χ3v) is 7.91. The van der Waals surface area contributed by atoms with Gasteiger partial charge >= 0.3 is 6.36 Å². The van der Waals surface area contributed by atoms with Gasteiger partial charge in [-0.15, -0.1) is 24.5 Å². The smallest absolute Gasteiger partial charge is 0.397 e. The van der Waals surface area contributed by atoms with Gasteiger partial charge in [0, 0.05) is 47.9 Å². The Kier molecular flexibility index (Phi) is 6.52. The van der Waals surface area contributed by atoms with E-state index >= 15 is 0 Å². The Hall–Kier alpha value is -2.96. The minimum Gasteiger partial charge on any atom is -0.397 e. The summed E-state index contributed by atoms with van der Waals surface area (Å²) in [7, 11) is 0. The Balaban J connectivity index is 1.23. The van der Waals surface area contributed by atoms with Crippen molar-refractivity contribution >= 4 is 39.0 Å². The third kappa shape index (κ3) is 5.11. The van der Waals surface area contributed by atoms with Crippen LogP contribution in [0.25, 0.3) is 10.2 Å². The predicted molar refractivity (Wildman–Crippen MR) is 132 cm³/mol. The number of pyridine rings is 2. The van der Waals surface area contributed by atoms with Crippen LogP contribution in [0, 0.1) is 12.8 Å². The van der Waals surface area contributed by atoms with E-state index in [1.807, 2.05) is 36.1 Å². The number of thiophene rings is 1. The summed E-state index contributed by atoms with van der Waals surface area (Å²) in [4.78, 5) is 25.3. The number of anilines is 2. The number of ether oxygens (including phenoxy) is 1. The number of halogens is 3.